The van der Waals surface area contributed by atoms with Crippen LogP contribution >= 0.6 is 0 Å². The molecule has 3 heterocycles. The number of ether oxygens (including phenoxy) is 2. The van der Waals surface area contributed by atoms with Crippen molar-refractivity contribution in [3.63, 3.8) is 0 Å². The molecule has 0 saturated carbocycles. The molecule has 5 rings (SSSR count). The van der Waals surface area contributed by atoms with E-state index < -0.39 is 12.0 Å². The number of rotatable bonds is 4. The third kappa shape index (κ3) is 2.65. The van der Waals surface area contributed by atoms with Crippen LogP contribution < -0.4 is 14.4 Å². The van der Waals surface area contributed by atoms with Crippen LogP contribution in [0.5, 0.6) is 11.5 Å². The topological polar surface area (TPSA) is 62.3 Å². The highest BCUT2D eigenvalue weighted by atomic mass is 16.5. The van der Waals surface area contributed by atoms with Crippen LogP contribution in [-0.4, -0.2) is 55.2 Å². The van der Waals surface area contributed by atoms with Gasteiger partial charge in [0.1, 0.15) is 17.5 Å². The Kier molecular flexibility index (Phi) is 4.29. The molecule has 0 aromatic heterocycles. The molecular weight excluding hydrogens is 370 g/mol. The SMILES string of the molecule is COc1ccc([C@H]2[C@@H]3C(=O)N(c4cccc(OC)c4)C(=O)[C@H]3N3CCCN23)cc1. The first kappa shape index (κ1) is 18.1. The van der Waals surface area contributed by atoms with Crippen molar-refractivity contribution in [2.24, 2.45) is 5.92 Å². The van der Waals surface area contributed by atoms with Crippen molar-refractivity contribution in [1.29, 1.82) is 0 Å². The first-order chi connectivity index (χ1) is 14.1. The molecule has 3 saturated heterocycles. The zero-order valence-electron chi connectivity index (χ0n) is 16.4. The van der Waals surface area contributed by atoms with Gasteiger partial charge in [0.05, 0.1) is 31.9 Å². The Morgan fingerprint density at radius 1 is 0.828 bits per heavy atom. The molecule has 7 nitrogen and oxygen atoms in total. The van der Waals surface area contributed by atoms with E-state index in [-0.39, 0.29) is 17.9 Å². The van der Waals surface area contributed by atoms with Crippen LogP contribution in [0.1, 0.15) is 18.0 Å². The largest absolute Gasteiger partial charge is 0.497 e. The summed E-state index contributed by atoms with van der Waals surface area (Å²) in [4.78, 5) is 28.3. The third-order valence-corrected chi connectivity index (χ3v) is 6.17. The summed E-state index contributed by atoms with van der Waals surface area (Å²) in [6, 6.07) is 14.3. The number of carbonyl (C=O) groups is 2. The zero-order valence-corrected chi connectivity index (χ0v) is 16.4. The lowest BCUT2D eigenvalue weighted by atomic mass is 9.90. The highest BCUT2D eigenvalue weighted by Crippen LogP contribution is 2.49. The van der Waals surface area contributed by atoms with Crippen LogP contribution in [0.25, 0.3) is 0 Å². The van der Waals surface area contributed by atoms with Crippen LogP contribution in [0, 0.1) is 5.92 Å². The van der Waals surface area contributed by atoms with Crippen LogP contribution in [0.15, 0.2) is 48.5 Å². The van der Waals surface area contributed by atoms with E-state index in [0.717, 1.165) is 30.8 Å². The number of carbonyl (C=O) groups excluding carboxylic acids is 2. The molecule has 150 valence electrons. The number of benzene rings is 2. The number of fused-ring (bicyclic) bond motifs is 3. The standard InChI is InChI=1S/C22H23N3O4/c1-28-16-9-7-14(8-10-16)19-18-20(24-12-4-11-23(19)24)22(27)25(21(18)26)15-5-3-6-17(13-15)29-2/h3,5-10,13,18-20H,4,11-12H2,1-2H3/t18-,19-,20-/m0/s1. The summed E-state index contributed by atoms with van der Waals surface area (Å²) in [5.41, 5.74) is 1.59. The fourth-order valence-electron chi connectivity index (χ4n) is 4.92. The van der Waals surface area contributed by atoms with E-state index in [1.54, 1.807) is 38.5 Å². The summed E-state index contributed by atoms with van der Waals surface area (Å²) < 4.78 is 10.6. The fraction of sp³-hybridized carbons (Fsp3) is 0.364. The average Bonchev–Trinajstić information content (AvgIpc) is 3.40. The van der Waals surface area contributed by atoms with Crippen LogP contribution in [0.3, 0.4) is 0 Å². The first-order valence-corrected chi connectivity index (χ1v) is 9.83. The highest BCUT2D eigenvalue weighted by Gasteiger charge is 2.62. The normalized spacial score (nSPS) is 26.7. The van der Waals surface area contributed by atoms with Crippen LogP contribution in [0.4, 0.5) is 5.69 Å². The molecule has 7 heteroatoms. The molecule has 0 bridgehead atoms. The Balaban J connectivity index is 1.55. The van der Waals surface area contributed by atoms with Gasteiger partial charge in [0.25, 0.3) is 5.91 Å². The molecule has 2 amide bonds. The summed E-state index contributed by atoms with van der Waals surface area (Å²) in [6.07, 6.45) is 0.983. The number of imide groups is 1. The number of amides is 2. The van der Waals surface area contributed by atoms with Gasteiger partial charge < -0.3 is 9.47 Å². The molecule has 3 aliphatic heterocycles. The summed E-state index contributed by atoms with van der Waals surface area (Å²) in [7, 11) is 3.21. The minimum Gasteiger partial charge on any atom is -0.497 e. The molecular formula is C22H23N3O4. The Labute approximate surface area is 169 Å². The van der Waals surface area contributed by atoms with Gasteiger partial charge in [0.15, 0.2) is 0 Å². The highest BCUT2D eigenvalue weighted by molar-refractivity contribution is 6.24. The molecule has 3 aliphatic rings. The summed E-state index contributed by atoms with van der Waals surface area (Å²) in [5, 5.41) is 4.30. The smallest absolute Gasteiger partial charge is 0.253 e. The molecule has 3 atom stereocenters. The molecule has 3 fully saturated rings. The molecule has 0 spiro atoms. The van der Waals surface area contributed by atoms with E-state index in [4.69, 9.17) is 9.47 Å². The van der Waals surface area contributed by atoms with E-state index in [1.807, 2.05) is 24.3 Å². The van der Waals surface area contributed by atoms with Gasteiger partial charge in [-0.25, -0.2) is 14.9 Å². The van der Waals surface area contributed by atoms with Crippen molar-refractivity contribution in [3.05, 3.63) is 54.1 Å². The number of hydrogen-bond donors (Lipinski definition) is 0. The van der Waals surface area contributed by atoms with Gasteiger partial charge in [-0.3, -0.25) is 9.59 Å². The van der Waals surface area contributed by atoms with Crippen LogP contribution in [-0.2, 0) is 9.59 Å². The van der Waals surface area contributed by atoms with E-state index in [0.29, 0.717) is 11.4 Å². The zero-order chi connectivity index (χ0) is 20.1. The van der Waals surface area contributed by atoms with Gasteiger partial charge in [-0.2, -0.15) is 0 Å². The van der Waals surface area contributed by atoms with Gasteiger partial charge in [-0.1, -0.05) is 18.2 Å². The Bertz CT molecular complexity index is 961. The van der Waals surface area contributed by atoms with Crippen LogP contribution in [0.2, 0.25) is 0 Å². The van der Waals surface area contributed by atoms with Crippen molar-refractivity contribution in [2.75, 3.05) is 32.2 Å². The third-order valence-electron chi connectivity index (χ3n) is 6.17. The van der Waals surface area contributed by atoms with Gasteiger partial charge in [-0.05, 0) is 36.2 Å². The molecule has 29 heavy (non-hydrogen) atoms. The van der Waals surface area contributed by atoms with Crippen molar-refractivity contribution in [1.82, 2.24) is 10.0 Å². The predicted molar refractivity (Wildman–Crippen MR) is 107 cm³/mol. The Hall–Kier alpha value is -2.90. The Morgan fingerprint density at radius 2 is 1.52 bits per heavy atom. The molecule has 2 aromatic rings. The van der Waals surface area contributed by atoms with E-state index >= 15 is 0 Å². The quantitative estimate of drug-likeness (QED) is 0.743. The summed E-state index contributed by atoms with van der Waals surface area (Å²) in [6.45, 7) is 1.64. The van der Waals surface area contributed by atoms with E-state index in [2.05, 4.69) is 10.0 Å². The van der Waals surface area contributed by atoms with Crippen molar-refractivity contribution < 1.29 is 19.1 Å². The Morgan fingerprint density at radius 3 is 2.21 bits per heavy atom. The number of anilines is 1. The second-order valence-electron chi connectivity index (χ2n) is 7.58. The van der Waals surface area contributed by atoms with Crippen molar-refractivity contribution >= 4 is 17.5 Å². The maximum absolute atomic E-state index is 13.5. The van der Waals surface area contributed by atoms with Gasteiger partial charge in [0, 0.05) is 19.2 Å². The number of hydrazine groups is 1. The molecule has 0 unspecified atom stereocenters. The lowest BCUT2D eigenvalue weighted by Gasteiger charge is -2.29. The predicted octanol–water partition coefficient (Wildman–Crippen LogP) is 2.24. The lowest BCUT2D eigenvalue weighted by Crippen LogP contribution is -2.44. The number of methoxy groups -OCH3 is 2. The van der Waals surface area contributed by atoms with Gasteiger partial charge >= 0.3 is 0 Å². The van der Waals surface area contributed by atoms with E-state index in [1.165, 1.54) is 4.90 Å². The molecule has 0 radical (unpaired) electrons. The second kappa shape index (κ2) is 6.86. The minimum absolute atomic E-state index is 0.150. The number of nitrogens with zero attached hydrogens (tertiary/aromatic N) is 3. The van der Waals surface area contributed by atoms with Gasteiger partial charge in [0.2, 0.25) is 5.91 Å². The maximum Gasteiger partial charge on any atom is 0.253 e. The number of hydrogen-bond acceptors (Lipinski definition) is 6. The molecule has 0 N–H and O–H groups in total. The van der Waals surface area contributed by atoms with Gasteiger partial charge in [-0.15, -0.1) is 0 Å². The monoisotopic (exact) mass is 393 g/mol. The average molecular weight is 393 g/mol. The summed E-state index contributed by atoms with van der Waals surface area (Å²) >= 11 is 0. The van der Waals surface area contributed by atoms with E-state index in [9.17, 15) is 9.59 Å². The first-order valence-electron chi connectivity index (χ1n) is 9.83. The lowest BCUT2D eigenvalue weighted by molar-refractivity contribution is -0.126. The minimum atomic E-state index is -0.455. The maximum atomic E-state index is 13.5. The van der Waals surface area contributed by atoms with Crippen molar-refractivity contribution in [3.8, 4) is 11.5 Å². The second-order valence-corrected chi connectivity index (χ2v) is 7.58. The molecule has 0 aliphatic carbocycles. The molecule has 2 aromatic carbocycles. The fourth-order valence-corrected chi connectivity index (χ4v) is 4.92. The summed E-state index contributed by atoms with van der Waals surface area (Å²) in [5.74, 6) is 0.658. The van der Waals surface area contributed by atoms with Crippen molar-refractivity contribution in [2.45, 2.75) is 18.5 Å².